The minimum atomic E-state index is 0.290. The Balaban J connectivity index is 1.97. The molecule has 0 aromatic heterocycles. The summed E-state index contributed by atoms with van der Waals surface area (Å²) in [5, 5.41) is 0. The fraction of sp³-hybridized carbons (Fsp3) is 1.00. The minimum Gasteiger partial charge on any atom is -0.384 e. The molecule has 1 aliphatic carbocycles. The summed E-state index contributed by atoms with van der Waals surface area (Å²) in [7, 11) is 1.81. The molecular formula is C15H30N2O. The molecule has 3 nitrogen and oxygen atoms in total. The van der Waals surface area contributed by atoms with Gasteiger partial charge in [-0.2, -0.15) is 0 Å². The summed E-state index contributed by atoms with van der Waals surface area (Å²) < 4.78 is 5.30. The van der Waals surface area contributed by atoms with E-state index >= 15 is 0 Å². The maximum Gasteiger partial charge on any atom is 0.0503 e. The Morgan fingerprint density at radius 3 is 2.44 bits per heavy atom. The maximum absolute atomic E-state index is 6.15. The summed E-state index contributed by atoms with van der Waals surface area (Å²) in [5.74, 6) is 0.716. The Labute approximate surface area is 112 Å². The van der Waals surface area contributed by atoms with E-state index in [-0.39, 0.29) is 5.54 Å². The maximum atomic E-state index is 6.15. The molecule has 1 saturated heterocycles. The lowest BCUT2D eigenvalue weighted by molar-refractivity contribution is 0.0339. The third-order valence-corrected chi connectivity index (χ3v) is 5.27. The molecule has 0 aromatic carbocycles. The average Bonchev–Trinajstić information content (AvgIpc) is 2.80. The highest BCUT2D eigenvalue weighted by Crippen LogP contribution is 2.44. The lowest BCUT2D eigenvalue weighted by Crippen LogP contribution is -2.55. The number of hydrogen-bond donors (Lipinski definition) is 1. The highest BCUT2D eigenvalue weighted by molar-refractivity contribution is 5.00. The van der Waals surface area contributed by atoms with Crippen molar-refractivity contribution >= 4 is 0 Å². The van der Waals surface area contributed by atoms with Gasteiger partial charge in [-0.25, -0.2) is 0 Å². The lowest BCUT2D eigenvalue weighted by atomic mass is 9.69. The zero-order valence-corrected chi connectivity index (χ0v) is 12.4. The molecule has 0 radical (unpaired) electrons. The van der Waals surface area contributed by atoms with Crippen LogP contribution in [-0.2, 0) is 4.74 Å². The largest absolute Gasteiger partial charge is 0.384 e. The monoisotopic (exact) mass is 254 g/mol. The van der Waals surface area contributed by atoms with Gasteiger partial charge in [0.15, 0.2) is 0 Å². The van der Waals surface area contributed by atoms with Gasteiger partial charge >= 0.3 is 0 Å². The van der Waals surface area contributed by atoms with Gasteiger partial charge in [-0.05, 0) is 50.0 Å². The fourth-order valence-electron chi connectivity index (χ4n) is 3.68. The zero-order chi connectivity index (χ0) is 13.2. The summed E-state index contributed by atoms with van der Waals surface area (Å²) in [5.41, 5.74) is 6.96. The number of nitrogens with zero attached hydrogens (tertiary/aromatic N) is 1. The first-order valence-corrected chi connectivity index (χ1v) is 7.45. The van der Waals surface area contributed by atoms with Gasteiger partial charge in [-0.15, -0.1) is 0 Å². The molecule has 0 spiro atoms. The molecule has 3 heteroatoms. The topological polar surface area (TPSA) is 38.5 Å². The smallest absolute Gasteiger partial charge is 0.0503 e. The SMILES string of the molecule is COCC1CCN(C2(CN)CCC(C)(C)CC2)C1. The van der Waals surface area contributed by atoms with Gasteiger partial charge in [0.2, 0.25) is 0 Å². The molecule has 1 heterocycles. The van der Waals surface area contributed by atoms with Crippen molar-refractivity contribution in [1.29, 1.82) is 0 Å². The highest BCUT2D eigenvalue weighted by Gasteiger charge is 2.43. The van der Waals surface area contributed by atoms with Crippen molar-refractivity contribution in [2.24, 2.45) is 17.1 Å². The Hall–Kier alpha value is -0.120. The summed E-state index contributed by atoms with van der Waals surface area (Å²) in [6.07, 6.45) is 6.46. The number of rotatable bonds is 4. The van der Waals surface area contributed by atoms with E-state index in [1.807, 2.05) is 7.11 Å². The van der Waals surface area contributed by atoms with Crippen molar-refractivity contribution in [2.45, 2.75) is 51.5 Å². The molecule has 0 amide bonds. The van der Waals surface area contributed by atoms with Crippen LogP contribution in [0.1, 0.15) is 46.0 Å². The van der Waals surface area contributed by atoms with Crippen molar-refractivity contribution in [3.8, 4) is 0 Å². The van der Waals surface area contributed by atoms with Crippen molar-refractivity contribution in [3.05, 3.63) is 0 Å². The van der Waals surface area contributed by atoms with Crippen LogP contribution in [0.5, 0.6) is 0 Å². The second-order valence-electron chi connectivity index (χ2n) is 7.15. The van der Waals surface area contributed by atoms with Crippen LogP contribution in [0.15, 0.2) is 0 Å². The van der Waals surface area contributed by atoms with Gasteiger partial charge in [-0.1, -0.05) is 13.8 Å². The zero-order valence-electron chi connectivity index (χ0n) is 12.4. The second-order valence-corrected chi connectivity index (χ2v) is 7.15. The Bertz CT molecular complexity index is 268. The van der Waals surface area contributed by atoms with Crippen LogP contribution in [0.2, 0.25) is 0 Å². The first kappa shape index (κ1) is 14.3. The Kier molecular flexibility index (Phi) is 4.35. The number of nitrogens with two attached hydrogens (primary N) is 1. The van der Waals surface area contributed by atoms with E-state index in [0.717, 1.165) is 13.2 Å². The van der Waals surface area contributed by atoms with Gasteiger partial charge in [-0.3, -0.25) is 4.90 Å². The third-order valence-electron chi connectivity index (χ3n) is 5.27. The number of methoxy groups -OCH3 is 1. The van der Waals surface area contributed by atoms with Gasteiger partial charge in [0.25, 0.3) is 0 Å². The molecule has 2 rings (SSSR count). The number of ether oxygens (including phenoxy) is 1. The summed E-state index contributed by atoms with van der Waals surface area (Å²) in [6.45, 7) is 8.92. The van der Waals surface area contributed by atoms with Gasteiger partial charge in [0, 0.05) is 25.7 Å². The molecule has 1 saturated carbocycles. The minimum absolute atomic E-state index is 0.290. The molecule has 1 aliphatic heterocycles. The number of likely N-dealkylation sites (tertiary alicyclic amines) is 1. The Morgan fingerprint density at radius 2 is 1.89 bits per heavy atom. The predicted molar refractivity (Wildman–Crippen MR) is 75.6 cm³/mol. The number of hydrogen-bond acceptors (Lipinski definition) is 3. The summed E-state index contributed by atoms with van der Waals surface area (Å²) in [4.78, 5) is 2.67. The normalized spacial score (nSPS) is 31.7. The van der Waals surface area contributed by atoms with Crippen molar-refractivity contribution < 1.29 is 4.74 Å². The average molecular weight is 254 g/mol. The Morgan fingerprint density at radius 1 is 1.22 bits per heavy atom. The van der Waals surface area contributed by atoms with Crippen LogP contribution in [0.4, 0.5) is 0 Å². The molecule has 2 N–H and O–H groups in total. The van der Waals surface area contributed by atoms with E-state index in [9.17, 15) is 0 Å². The van der Waals surface area contributed by atoms with E-state index in [4.69, 9.17) is 10.5 Å². The quantitative estimate of drug-likeness (QED) is 0.836. The summed E-state index contributed by atoms with van der Waals surface area (Å²) in [6, 6.07) is 0. The first-order chi connectivity index (χ1) is 8.51. The molecule has 2 aliphatic rings. The van der Waals surface area contributed by atoms with Crippen LogP contribution in [0.25, 0.3) is 0 Å². The van der Waals surface area contributed by atoms with E-state index in [1.165, 1.54) is 45.2 Å². The van der Waals surface area contributed by atoms with Crippen molar-refractivity contribution in [2.75, 3.05) is 33.4 Å². The molecule has 1 unspecified atom stereocenters. The highest BCUT2D eigenvalue weighted by atomic mass is 16.5. The van der Waals surface area contributed by atoms with Crippen LogP contribution >= 0.6 is 0 Å². The molecule has 1 atom stereocenters. The predicted octanol–water partition coefficient (Wildman–Crippen LogP) is 2.25. The van der Waals surface area contributed by atoms with Crippen molar-refractivity contribution in [3.63, 3.8) is 0 Å². The van der Waals surface area contributed by atoms with Crippen LogP contribution in [0.3, 0.4) is 0 Å². The van der Waals surface area contributed by atoms with Gasteiger partial charge in [0.1, 0.15) is 0 Å². The van der Waals surface area contributed by atoms with E-state index in [1.54, 1.807) is 0 Å². The van der Waals surface area contributed by atoms with E-state index < -0.39 is 0 Å². The molecule has 18 heavy (non-hydrogen) atoms. The van der Waals surface area contributed by atoms with Gasteiger partial charge < -0.3 is 10.5 Å². The molecular weight excluding hydrogens is 224 g/mol. The standard InChI is InChI=1S/C15H30N2O/c1-14(2)5-7-15(12-16,8-6-14)17-9-4-13(10-17)11-18-3/h13H,4-12,16H2,1-3H3. The van der Waals surface area contributed by atoms with E-state index in [2.05, 4.69) is 18.7 Å². The second kappa shape index (κ2) is 5.48. The van der Waals surface area contributed by atoms with Crippen LogP contribution in [0, 0.1) is 11.3 Å². The molecule has 0 bridgehead atoms. The van der Waals surface area contributed by atoms with Gasteiger partial charge in [0.05, 0.1) is 6.61 Å². The molecule has 2 fully saturated rings. The van der Waals surface area contributed by atoms with E-state index in [0.29, 0.717) is 11.3 Å². The van der Waals surface area contributed by atoms with Crippen molar-refractivity contribution in [1.82, 2.24) is 4.90 Å². The molecule has 106 valence electrons. The fourth-order valence-corrected chi connectivity index (χ4v) is 3.68. The third kappa shape index (κ3) is 2.89. The lowest BCUT2D eigenvalue weighted by Gasteiger charge is -2.48. The van der Waals surface area contributed by atoms with Crippen LogP contribution < -0.4 is 5.73 Å². The van der Waals surface area contributed by atoms with Crippen LogP contribution in [-0.4, -0.2) is 43.8 Å². The summed E-state index contributed by atoms with van der Waals surface area (Å²) >= 11 is 0. The molecule has 0 aromatic rings. The first-order valence-electron chi connectivity index (χ1n) is 7.45.